The van der Waals surface area contributed by atoms with Gasteiger partial charge in [-0.15, -0.1) is 0 Å². The maximum Gasteiger partial charge on any atom is 0.264 e. The molecule has 1 heterocycles. The fraction of sp³-hybridized carbons (Fsp3) is 0.214. The van der Waals surface area contributed by atoms with Crippen molar-refractivity contribution in [2.75, 3.05) is 18.5 Å². The number of benzene rings is 1. The van der Waals surface area contributed by atoms with Gasteiger partial charge in [-0.05, 0) is 47.1 Å². The molecule has 2 rings (SSSR count). The zero-order valence-electron chi connectivity index (χ0n) is 11.4. The van der Waals surface area contributed by atoms with Crippen LogP contribution in [0.25, 0.3) is 0 Å². The van der Waals surface area contributed by atoms with E-state index in [9.17, 15) is 4.79 Å². The zero-order valence-corrected chi connectivity index (χ0v) is 13.0. The molecule has 0 saturated carbocycles. The highest BCUT2D eigenvalue weighted by Crippen LogP contribution is 2.17. The van der Waals surface area contributed by atoms with Crippen molar-refractivity contribution in [1.29, 1.82) is 0 Å². The van der Waals surface area contributed by atoms with Gasteiger partial charge >= 0.3 is 0 Å². The number of carbonyl (C=O) groups excluding carboxylic acids is 1. The fourth-order valence-electron chi connectivity index (χ4n) is 1.49. The van der Waals surface area contributed by atoms with Crippen LogP contribution in [0.2, 0.25) is 0 Å². The number of nitrogens with zero attached hydrogens (tertiary/aromatic N) is 2. The molecule has 0 atom stereocenters. The van der Waals surface area contributed by atoms with E-state index in [1.807, 2.05) is 6.92 Å². The van der Waals surface area contributed by atoms with Crippen LogP contribution in [0.3, 0.4) is 0 Å². The summed E-state index contributed by atoms with van der Waals surface area (Å²) < 4.78 is 11.4. The lowest BCUT2D eigenvalue weighted by atomic mass is 10.3. The molecule has 0 radical (unpaired) electrons. The van der Waals surface area contributed by atoms with Crippen LogP contribution in [0.4, 0.5) is 5.95 Å². The molecule has 6 nitrogen and oxygen atoms in total. The van der Waals surface area contributed by atoms with Crippen LogP contribution in [0.15, 0.2) is 41.1 Å². The van der Waals surface area contributed by atoms with E-state index in [2.05, 4.69) is 31.2 Å². The van der Waals surface area contributed by atoms with Crippen molar-refractivity contribution >= 4 is 27.8 Å². The van der Waals surface area contributed by atoms with Crippen LogP contribution in [0, 0.1) is 0 Å². The van der Waals surface area contributed by atoms with Gasteiger partial charge in [0.05, 0.1) is 11.1 Å². The number of ether oxygens (including phenoxy) is 2. The molecule has 0 bridgehead atoms. The molecule has 110 valence electrons. The van der Waals surface area contributed by atoms with E-state index in [0.29, 0.717) is 12.4 Å². The molecule has 0 aliphatic carbocycles. The predicted molar refractivity (Wildman–Crippen MR) is 81.5 cm³/mol. The van der Waals surface area contributed by atoms with Crippen LogP contribution in [-0.4, -0.2) is 29.1 Å². The lowest BCUT2D eigenvalue weighted by molar-refractivity contribution is -0.118. The molecule has 0 aliphatic heterocycles. The van der Waals surface area contributed by atoms with Gasteiger partial charge in [0.15, 0.2) is 6.61 Å². The third kappa shape index (κ3) is 5.03. The second-order valence-corrected chi connectivity index (χ2v) is 4.88. The standard InChI is InChI=1S/C14H14BrN3O3/c1-2-20-11-3-5-12(6-4-11)21-9-13(19)18-14-16-7-10(15)8-17-14/h3-8H,2,9H2,1H3,(H,16,17,18,19). The van der Waals surface area contributed by atoms with E-state index in [0.717, 1.165) is 10.2 Å². The summed E-state index contributed by atoms with van der Waals surface area (Å²) in [5.74, 6) is 1.26. The number of aromatic nitrogens is 2. The van der Waals surface area contributed by atoms with E-state index in [1.165, 1.54) is 0 Å². The van der Waals surface area contributed by atoms with E-state index in [-0.39, 0.29) is 18.5 Å². The third-order valence-corrected chi connectivity index (χ3v) is 2.79. The van der Waals surface area contributed by atoms with Crippen molar-refractivity contribution in [2.45, 2.75) is 6.92 Å². The number of amides is 1. The first-order chi connectivity index (χ1) is 10.2. The summed E-state index contributed by atoms with van der Waals surface area (Å²) in [6, 6.07) is 7.06. The molecule has 21 heavy (non-hydrogen) atoms. The van der Waals surface area contributed by atoms with Crippen LogP contribution in [0.1, 0.15) is 6.92 Å². The van der Waals surface area contributed by atoms with Crippen LogP contribution >= 0.6 is 15.9 Å². The minimum atomic E-state index is -0.328. The molecule has 0 fully saturated rings. The predicted octanol–water partition coefficient (Wildman–Crippen LogP) is 2.66. The van der Waals surface area contributed by atoms with Gasteiger partial charge in [-0.2, -0.15) is 0 Å². The second kappa shape index (κ2) is 7.58. The van der Waals surface area contributed by atoms with Crippen molar-refractivity contribution in [2.24, 2.45) is 0 Å². The quantitative estimate of drug-likeness (QED) is 0.865. The summed E-state index contributed by atoms with van der Waals surface area (Å²) in [6.45, 7) is 2.40. The number of halogens is 1. The van der Waals surface area contributed by atoms with Crippen molar-refractivity contribution in [1.82, 2.24) is 9.97 Å². The van der Waals surface area contributed by atoms with Gasteiger partial charge in [-0.25, -0.2) is 9.97 Å². The van der Waals surface area contributed by atoms with Crippen molar-refractivity contribution in [3.63, 3.8) is 0 Å². The third-order valence-electron chi connectivity index (χ3n) is 2.38. The van der Waals surface area contributed by atoms with Crippen molar-refractivity contribution in [3.8, 4) is 11.5 Å². The molecule has 1 N–H and O–H groups in total. The van der Waals surface area contributed by atoms with Gasteiger partial charge in [0.1, 0.15) is 11.5 Å². The lowest BCUT2D eigenvalue weighted by Crippen LogP contribution is -2.21. The maximum absolute atomic E-state index is 11.7. The number of hydrogen-bond acceptors (Lipinski definition) is 5. The number of rotatable bonds is 6. The molecule has 1 aromatic heterocycles. The number of anilines is 1. The largest absolute Gasteiger partial charge is 0.494 e. The molecule has 0 unspecified atom stereocenters. The van der Waals surface area contributed by atoms with Crippen LogP contribution < -0.4 is 14.8 Å². The summed E-state index contributed by atoms with van der Waals surface area (Å²) in [7, 11) is 0. The first kappa shape index (κ1) is 15.2. The Morgan fingerprint density at radius 2 is 1.71 bits per heavy atom. The van der Waals surface area contributed by atoms with Gasteiger partial charge in [0, 0.05) is 12.4 Å². The van der Waals surface area contributed by atoms with Gasteiger partial charge in [-0.3, -0.25) is 10.1 Å². The highest BCUT2D eigenvalue weighted by atomic mass is 79.9. The summed E-state index contributed by atoms with van der Waals surface area (Å²) in [5, 5.41) is 2.54. The van der Waals surface area contributed by atoms with Crippen molar-refractivity contribution in [3.05, 3.63) is 41.1 Å². The SMILES string of the molecule is CCOc1ccc(OCC(=O)Nc2ncc(Br)cn2)cc1. The van der Waals surface area contributed by atoms with E-state index in [1.54, 1.807) is 36.7 Å². The Hall–Kier alpha value is -2.15. The summed E-state index contributed by atoms with van der Waals surface area (Å²) in [6.07, 6.45) is 3.10. The first-order valence-corrected chi connectivity index (χ1v) is 7.09. The molecule has 7 heteroatoms. The number of nitrogens with one attached hydrogen (secondary N) is 1. The average molecular weight is 352 g/mol. The van der Waals surface area contributed by atoms with E-state index in [4.69, 9.17) is 9.47 Å². The molecule has 2 aromatic rings. The Bertz CT molecular complexity index is 587. The van der Waals surface area contributed by atoms with Gasteiger partial charge < -0.3 is 9.47 Å². The number of carbonyl (C=O) groups is 1. The monoisotopic (exact) mass is 351 g/mol. The summed E-state index contributed by atoms with van der Waals surface area (Å²) >= 11 is 3.22. The Balaban J connectivity index is 1.81. The minimum Gasteiger partial charge on any atom is -0.494 e. The Kier molecular flexibility index (Phi) is 5.51. The summed E-state index contributed by atoms with van der Waals surface area (Å²) in [5.41, 5.74) is 0. The van der Waals surface area contributed by atoms with Gasteiger partial charge in [0.25, 0.3) is 5.91 Å². The first-order valence-electron chi connectivity index (χ1n) is 6.30. The maximum atomic E-state index is 11.7. The highest BCUT2D eigenvalue weighted by molar-refractivity contribution is 9.10. The summed E-state index contributed by atoms with van der Waals surface area (Å²) in [4.78, 5) is 19.6. The topological polar surface area (TPSA) is 73.3 Å². The van der Waals surface area contributed by atoms with Gasteiger partial charge in [0.2, 0.25) is 5.95 Å². The molecule has 0 spiro atoms. The van der Waals surface area contributed by atoms with Crippen LogP contribution in [-0.2, 0) is 4.79 Å². The molecule has 1 amide bonds. The molecule has 0 saturated heterocycles. The highest BCUT2D eigenvalue weighted by Gasteiger charge is 2.05. The average Bonchev–Trinajstić information content (AvgIpc) is 2.49. The molecule has 0 aliphatic rings. The molecule has 1 aromatic carbocycles. The van der Waals surface area contributed by atoms with E-state index >= 15 is 0 Å². The second-order valence-electron chi connectivity index (χ2n) is 3.97. The van der Waals surface area contributed by atoms with Crippen LogP contribution in [0.5, 0.6) is 11.5 Å². The minimum absolute atomic E-state index is 0.118. The normalized spacial score (nSPS) is 10.0. The van der Waals surface area contributed by atoms with Gasteiger partial charge in [-0.1, -0.05) is 0 Å². The smallest absolute Gasteiger partial charge is 0.264 e. The fourth-order valence-corrected chi connectivity index (χ4v) is 1.69. The Morgan fingerprint density at radius 3 is 2.29 bits per heavy atom. The zero-order chi connectivity index (χ0) is 15.1. The molecular formula is C14H14BrN3O3. The lowest BCUT2D eigenvalue weighted by Gasteiger charge is -2.07. The van der Waals surface area contributed by atoms with Crippen molar-refractivity contribution < 1.29 is 14.3 Å². The van der Waals surface area contributed by atoms with E-state index < -0.39 is 0 Å². The Labute approximate surface area is 130 Å². The molecular weight excluding hydrogens is 338 g/mol. The number of hydrogen-bond donors (Lipinski definition) is 1. The Morgan fingerprint density at radius 1 is 1.14 bits per heavy atom.